The molecular weight excluding hydrogens is 307 g/mol. The Bertz CT molecular complexity index is 556. The molecule has 0 radical (unpaired) electrons. The van der Waals surface area contributed by atoms with Crippen molar-refractivity contribution in [2.24, 2.45) is 0 Å². The number of hydrogen-bond donors (Lipinski definition) is 1. The van der Waals surface area contributed by atoms with Crippen LogP contribution < -0.4 is 5.32 Å². The topological polar surface area (TPSA) is 37.8 Å². The molecule has 0 amide bonds. The summed E-state index contributed by atoms with van der Waals surface area (Å²) in [5, 5.41) is 2.91. The number of halogens is 3. The van der Waals surface area contributed by atoms with Crippen LogP contribution >= 0.6 is 23.3 Å². The van der Waals surface area contributed by atoms with E-state index in [2.05, 4.69) is 14.7 Å². The quantitative estimate of drug-likeness (QED) is 0.909. The molecule has 0 fully saturated rings. The molecule has 1 aromatic heterocycles. The van der Waals surface area contributed by atoms with Crippen molar-refractivity contribution >= 4 is 23.3 Å². The fourth-order valence-corrected chi connectivity index (χ4v) is 3.07. The zero-order chi connectivity index (χ0) is 14.6. The smallest absolute Gasteiger partial charge is 0.313 e. The van der Waals surface area contributed by atoms with Crippen LogP contribution in [0.4, 0.5) is 13.2 Å². The maximum atomic E-state index is 13.1. The number of aromatic nitrogens is 2. The molecule has 1 aromatic carbocycles. The first-order chi connectivity index (χ1) is 9.50. The largest absolute Gasteiger partial charge is 0.416 e. The van der Waals surface area contributed by atoms with Crippen molar-refractivity contribution in [2.45, 2.75) is 28.9 Å². The van der Waals surface area contributed by atoms with Gasteiger partial charge in [0.05, 0.1) is 5.56 Å². The molecule has 108 valence electrons. The van der Waals surface area contributed by atoms with E-state index in [1.54, 1.807) is 6.07 Å². The first kappa shape index (κ1) is 15.3. The lowest BCUT2D eigenvalue weighted by Crippen LogP contribution is -2.17. The third-order valence-corrected chi connectivity index (χ3v) is 4.20. The summed E-state index contributed by atoms with van der Waals surface area (Å²) in [6.07, 6.45) is -2.97. The van der Waals surface area contributed by atoms with Gasteiger partial charge in [-0.05, 0) is 35.8 Å². The third kappa shape index (κ3) is 3.94. The van der Waals surface area contributed by atoms with Crippen LogP contribution in [0, 0.1) is 0 Å². The molecule has 0 spiro atoms. The van der Waals surface area contributed by atoms with Crippen LogP contribution in [0.1, 0.15) is 18.1 Å². The maximum Gasteiger partial charge on any atom is 0.416 e. The van der Waals surface area contributed by atoms with Crippen molar-refractivity contribution in [3.63, 3.8) is 0 Å². The molecule has 8 heteroatoms. The van der Waals surface area contributed by atoms with E-state index in [1.807, 2.05) is 6.92 Å². The minimum absolute atomic E-state index is 0.203. The van der Waals surface area contributed by atoms with Gasteiger partial charge < -0.3 is 5.32 Å². The summed E-state index contributed by atoms with van der Waals surface area (Å²) in [4.78, 5) is 4.46. The molecule has 0 saturated carbocycles. The molecule has 0 aliphatic carbocycles. The number of nitrogens with one attached hydrogen (secondary N) is 1. The Balaban J connectivity index is 2.28. The molecule has 2 aromatic rings. The number of benzene rings is 1. The SMILES string of the molecule is CCNCc1ccc(Sc2ncns2)cc1C(F)(F)F. The first-order valence-electron chi connectivity index (χ1n) is 5.86. The van der Waals surface area contributed by atoms with Crippen LogP contribution in [-0.2, 0) is 12.7 Å². The van der Waals surface area contributed by atoms with Crippen LogP contribution in [0.3, 0.4) is 0 Å². The Labute approximate surface area is 122 Å². The second-order valence-electron chi connectivity index (χ2n) is 3.91. The van der Waals surface area contributed by atoms with Gasteiger partial charge in [-0.15, -0.1) is 0 Å². The van der Waals surface area contributed by atoms with Gasteiger partial charge in [-0.25, -0.2) is 4.98 Å². The summed E-state index contributed by atoms with van der Waals surface area (Å²) in [7, 11) is 0. The Hall–Kier alpha value is -1.12. The Morgan fingerprint density at radius 1 is 1.35 bits per heavy atom. The molecule has 0 bridgehead atoms. The van der Waals surface area contributed by atoms with E-state index >= 15 is 0 Å². The summed E-state index contributed by atoms with van der Waals surface area (Å²) in [6, 6.07) is 4.35. The van der Waals surface area contributed by atoms with E-state index in [0.29, 0.717) is 15.8 Å². The highest BCUT2D eigenvalue weighted by Gasteiger charge is 2.33. The molecule has 0 unspecified atom stereocenters. The number of rotatable bonds is 5. The highest BCUT2D eigenvalue weighted by Crippen LogP contribution is 2.36. The summed E-state index contributed by atoms with van der Waals surface area (Å²) >= 11 is 2.34. The van der Waals surface area contributed by atoms with Gasteiger partial charge in [0.15, 0.2) is 4.34 Å². The fraction of sp³-hybridized carbons (Fsp3) is 0.333. The maximum absolute atomic E-state index is 13.1. The van der Waals surface area contributed by atoms with Crippen molar-refractivity contribution in [2.75, 3.05) is 6.54 Å². The van der Waals surface area contributed by atoms with Gasteiger partial charge in [-0.1, -0.05) is 24.8 Å². The third-order valence-electron chi connectivity index (χ3n) is 2.50. The van der Waals surface area contributed by atoms with Crippen LogP contribution in [0.2, 0.25) is 0 Å². The van der Waals surface area contributed by atoms with Gasteiger partial charge in [-0.3, -0.25) is 0 Å². The lowest BCUT2D eigenvalue weighted by atomic mass is 10.1. The van der Waals surface area contributed by atoms with E-state index in [9.17, 15) is 13.2 Å². The van der Waals surface area contributed by atoms with Crippen molar-refractivity contribution in [3.05, 3.63) is 35.7 Å². The number of alkyl halides is 3. The van der Waals surface area contributed by atoms with Gasteiger partial charge in [-0.2, -0.15) is 17.5 Å². The lowest BCUT2D eigenvalue weighted by molar-refractivity contribution is -0.138. The first-order valence-corrected chi connectivity index (χ1v) is 7.45. The Kier molecular flexibility index (Phi) is 5.00. The molecule has 3 nitrogen and oxygen atoms in total. The fourth-order valence-electron chi connectivity index (χ4n) is 1.61. The van der Waals surface area contributed by atoms with Crippen LogP contribution in [0.15, 0.2) is 33.8 Å². The normalized spacial score (nSPS) is 11.8. The van der Waals surface area contributed by atoms with Crippen LogP contribution in [0.5, 0.6) is 0 Å². The van der Waals surface area contributed by atoms with Crippen molar-refractivity contribution in [1.29, 1.82) is 0 Å². The Morgan fingerprint density at radius 2 is 2.15 bits per heavy atom. The molecule has 20 heavy (non-hydrogen) atoms. The second kappa shape index (κ2) is 6.55. The molecule has 1 N–H and O–H groups in total. The molecular formula is C12H12F3N3S2. The molecule has 0 atom stereocenters. The van der Waals surface area contributed by atoms with Gasteiger partial charge in [0.25, 0.3) is 0 Å². The van der Waals surface area contributed by atoms with Gasteiger partial charge in [0, 0.05) is 11.4 Å². The van der Waals surface area contributed by atoms with Crippen molar-refractivity contribution < 1.29 is 13.2 Å². The number of hydrogen-bond acceptors (Lipinski definition) is 5. The van der Waals surface area contributed by atoms with Gasteiger partial charge in [0.2, 0.25) is 0 Å². The van der Waals surface area contributed by atoms with Gasteiger partial charge in [0.1, 0.15) is 6.33 Å². The predicted octanol–water partition coefficient (Wildman–Crippen LogP) is 3.82. The van der Waals surface area contributed by atoms with Crippen molar-refractivity contribution in [1.82, 2.24) is 14.7 Å². The van der Waals surface area contributed by atoms with Gasteiger partial charge >= 0.3 is 6.18 Å². The summed E-state index contributed by atoms with van der Waals surface area (Å²) in [5.41, 5.74) is -0.353. The molecule has 0 aliphatic rings. The number of nitrogens with zero attached hydrogens (tertiary/aromatic N) is 2. The molecule has 0 saturated heterocycles. The van der Waals surface area contributed by atoms with Crippen LogP contribution in [-0.4, -0.2) is 15.9 Å². The summed E-state index contributed by atoms with van der Waals surface area (Å²) < 4.78 is 43.7. The zero-order valence-corrected chi connectivity index (χ0v) is 12.2. The summed E-state index contributed by atoms with van der Waals surface area (Å²) in [6.45, 7) is 2.68. The highest BCUT2D eigenvalue weighted by molar-refractivity contribution is 8.01. The lowest BCUT2D eigenvalue weighted by Gasteiger charge is -2.14. The highest BCUT2D eigenvalue weighted by atomic mass is 32.2. The van der Waals surface area contributed by atoms with E-state index in [4.69, 9.17) is 0 Å². The summed E-state index contributed by atoms with van der Waals surface area (Å²) in [5.74, 6) is 0. The Morgan fingerprint density at radius 3 is 2.75 bits per heavy atom. The molecule has 2 rings (SSSR count). The second-order valence-corrected chi connectivity index (χ2v) is 6.01. The molecule has 0 aliphatic heterocycles. The zero-order valence-electron chi connectivity index (χ0n) is 10.6. The standard InChI is InChI=1S/C12H12F3N3S2/c1-2-16-6-8-3-4-9(5-10(8)12(13,14)15)19-11-17-7-18-20-11/h3-5,7,16H,2,6H2,1H3. The average molecular weight is 319 g/mol. The van der Waals surface area contributed by atoms with Crippen molar-refractivity contribution in [3.8, 4) is 0 Å². The molecule has 1 heterocycles. The minimum atomic E-state index is -4.36. The van der Waals surface area contributed by atoms with Crippen LogP contribution in [0.25, 0.3) is 0 Å². The van der Waals surface area contributed by atoms with E-state index in [1.165, 1.54) is 30.2 Å². The monoisotopic (exact) mass is 319 g/mol. The van der Waals surface area contributed by atoms with E-state index < -0.39 is 11.7 Å². The minimum Gasteiger partial charge on any atom is -0.313 e. The van der Waals surface area contributed by atoms with E-state index in [0.717, 1.165) is 11.5 Å². The van der Waals surface area contributed by atoms with E-state index in [-0.39, 0.29) is 12.1 Å². The average Bonchev–Trinajstić information content (AvgIpc) is 2.89. The predicted molar refractivity (Wildman–Crippen MR) is 72.9 cm³/mol.